The van der Waals surface area contributed by atoms with Gasteiger partial charge in [0.2, 0.25) is 5.88 Å². The molecule has 37 heavy (non-hydrogen) atoms. The maximum atomic E-state index is 13.3. The molecule has 5 fully saturated rings. The second-order valence-electron chi connectivity index (χ2n) is 11.9. The van der Waals surface area contributed by atoms with Gasteiger partial charge in [0.25, 0.3) is 11.5 Å². The molecule has 3 amide bonds. The molecule has 1 aromatic heterocycles. The molecule has 12 nitrogen and oxygen atoms in total. The summed E-state index contributed by atoms with van der Waals surface area (Å²) in [6.07, 6.45) is 5.64. The zero-order valence-corrected chi connectivity index (χ0v) is 21.1. The van der Waals surface area contributed by atoms with Crippen LogP contribution in [-0.4, -0.2) is 74.2 Å². The summed E-state index contributed by atoms with van der Waals surface area (Å²) in [5, 5.41) is 18.4. The number of ether oxygens (including phenoxy) is 1. The Morgan fingerprint density at radius 2 is 1.70 bits per heavy atom. The number of aromatic nitrogens is 2. The van der Waals surface area contributed by atoms with Gasteiger partial charge in [-0.3, -0.25) is 29.0 Å². The Morgan fingerprint density at radius 1 is 1.05 bits per heavy atom. The van der Waals surface area contributed by atoms with E-state index in [1.165, 1.54) is 14.0 Å². The second-order valence-corrected chi connectivity index (χ2v) is 11.9. The molecule has 1 aromatic rings. The van der Waals surface area contributed by atoms with Gasteiger partial charge in [0.05, 0.1) is 13.2 Å². The third kappa shape index (κ3) is 3.55. The minimum absolute atomic E-state index is 0.122. The van der Waals surface area contributed by atoms with Crippen LogP contribution in [0.4, 0.5) is 4.79 Å². The lowest BCUT2D eigenvalue weighted by atomic mass is 9.51. The number of likely N-dealkylation sites (N-methyl/N-ethyl adjacent to an activating group) is 1. The molecule has 2 aliphatic heterocycles. The van der Waals surface area contributed by atoms with Crippen LogP contribution >= 0.6 is 0 Å². The summed E-state index contributed by atoms with van der Waals surface area (Å²) in [6.45, 7) is 2.03. The normalized spacial score (nSPS) is 31.8. The van der Waals surface area contributed by atoms with Gasteiger partial charge in [-0.1, -0.05) is 0 Å². The van der Waals surface area contributed by atoms with Crippen molar-refractivity contribution in [3.05, 3.63) is 26.4 Å². The molecule has 0 bridgehead atoms. The first kappa shape index (κ1) is 24.2. The Morgan fingerprint density at radius 3 is 2.24 bits per heavy atom. The summed E-state index contributed by atoms with van der Waals surface area (Å²) in [5.74, 6) is -0.699. The van der Waals surface area contributed by atoms with Gasteiger partial charge in [-0.05, 0) is 62.7 Å². The van der Waals surface area contributed by atoms with E-state index in [-0.39, 0.29) is 40.8 Å². The summed E-state index contributed by atoms with van der Waals surface area (Å²) in [6, 6.07) is -0.623. The van der Waals surface area contributed by atoms with Gasteiger partial charge < -0.3 is 20.5 Å². The number of amides is 3. The summed E-state index contributed by atoms with van der Waals surface area (Å²) < 4.78 is 7.65. The van der Waals surface area contributed by atoms with Gasteiger partial charge in [-0.15, -0.1) is 0 Å². The average molecular weight is 515 g/mol. The Hall–Kier alpha value is -3.15. The monoisotopic (exact) mass is 514 g/mol. The number of rotatable bonds is 6. The minimum atomic E-state index is -0.803. The fourth-order valence-corrected chi connectivity index (χ4v) is 7.08. The van der Waals surface area contributed by atoms with E-state index in [0.29, 0.717) is 52.0 Å². The molecule has 2 spiro atoms. The van der Waals surface area contributed by atoms with Crippen LogP contribution in [-0.2, 0) is 16.1 Å². The number of carbonyl (C=O) groups excluding carboxylic acids is 2. The molecule has 0 atom stereocenters. The Bertz CT molecular complexity index is 1290. The largest absolute Gasteiger partial charge is 0.494 e. The molecule has 5 aliphatic rings. The lowest BCUT2D eigenvalue weighted by Crippen LogP contribution is -2.65. The lowest BCUT2D eigenvalue weighted by molar-refractivity contribution is -0.152. The molecule has 200 valence electrons. The molecule has 3 saturated carbocycles. The third-order valence-corrected chi connectivity index (χ3v) is 9.36. The third-order valence-electron chi connectivity index (χ3n) is 9.36. The summed E-state index contributed by atoms with van der Waals surface area (Å²) in [7, 11) is 1.54. The predicted octanol–water partition coefficient (Wildman–Crippen LogP) is 0.584. The highest BCUT2D eigenvalue weighted by atomic mass is 16.5. The first-order chi connectivity index (χ1) is 17.6. The van der Waals surface area contributed by atoms with Crippen molar-refractivity contribution in [2.45, 2.75) is 69.5 Å². The number of hydrogen-bond donors (Lipinski definition) is 3. The predicted molar refractivity (Wildman–Crippen MR) is 131 cm³/mol. The zero-order chi connectivity index (χ0) is 26.3. The van der Waals surface area contributed by atoms with Crippen LogP contribution in [0.3, 0.4) is 0 Å². The number of nitrogens with zero attached hydrogens (tertiary/aromatic N) is 4. The Balaban J connectivity index is 1.23. The van der Waals surface area contributed by atoms with E-state index >= 15 is 0 Å². The molecule has 12 heteroatoms. The molecular weight excluding hydrogens is 480 g/mol. The van der Waals surface area contributed by atoms with E-state index in [0.717, 1.165) is 25.7 Å². The number of aromatic hydroxyl groups is 1. The van der Waals surface area contributed by atoms with E-state index in [4.69, 9.17) is 15.9 Å². The van der Waals surface area contributed by atoms with Crippen molar-refractivity contribution >= 4 is 17.8 Å². The molecule has 3 heterocycles. The quantitative estimate of drug-likeness (QED) is 0.284. The highest BCUT2D eigenvalue weighted by molar-refractivity contribution is 6.07. The van der Waals surface area contributed by atoms with Crippen molar-refractivity contribution in [2.24, 2.45) is 23.0 Å². The van der Waals surface area contributed by atoms with Gasteiger partial charge in [0.1, 0.15) is 16.9 Å². The number of hydrogen-bond acceptors (Lipinski definition) is 7. The highest BCUT2D eigenvalue weighted by Crippen LogP contribution is 2.62. The topological polar surface area (TPSA) is 164 Å². The molecule has 6 rings (SSSR count). The van der Waals surface area contributed by atoms with Gasteiger partial charge >= 0.3 is 11.7 Å². The molecule has 0 radical (unpaired) electrons. The number of imide groups is 1. The van der Waals surface area contributed by atoms with Gasteiger partial charge in [0, 0.05) is 32.1 Å². The maximum absolute atomic E-state index is 13.3. The zero-order valence-electron chi connectivity index (χ0n) is 21.1. The number of urea groups is 1. The van der Waals surface area contributed by atoms with Crippen molar-refractivity contribution in [3.8, 4) is 5.88 Å². The SMILES string of the molecule is CN1C(=O)N(CC2COC2)C2(CC3(CCC(n4c(=O)c(C(=N)N)c(O)n(CC5CC5)c4=O)CC3)C2)C1=O. The first-order valence-corrected chi connectivity index (χ1v) is 13.2. The van der Waals surface area contributed by atoms with Gasteiger partial charge in [0.15, 0.2) is 0 Å². The van der Waals surface area contributed by atoms with E-state index in [2.05, 4.69) is 0 Å². The maximum Gasteiger partial charge on any atom is 0.334 e. The number of nitrogens with one attached hydrogen (secondary N) is 1. The van der Waals surface area contributed by atoms with Gasteiger partial charge in [-0.25, -0.2) is 9.59 Å². The molecule has 3 aliphatic carbocycles. The smallest absolute Gasteiger partial charge is 0.334 e. The Labute approximate surface area is 213 Å². The van der Waals surface area contributed by atoms with Crippen LogP contribution in [0.15, 0.2) is 9.59 Å². The van der Waals surface area contributed by atoms with Crippen molar-refractivity contribution in [1.82, 2.24) is 18.9 Å². The number of nitrogens with two attached hydrogens (primary N) is 1. The van der Waals surface area contributed by atoms with E-state index in [1.807, 2.05) is 0 Å². The highest BCUT2D eigenvalue weighted by Gasteiger charge is 2.68. The number of nitrogen functional groups attached to an aromatic ring is 1. The molecule has 2 saturated heterocycles. The van der Waals surface area contributed by atoms with Crippen LogP contribution in [0.5, 0.6) is 5.88 Å². The van der Waals surface area contributed by atoms with Crippen molar-refractivity contribution in [1.29, 1.82) is 5.41 Å². The van der Waals surface area contributed by atoms with E-state index in [9.17, 15) is 24.3 Å². The second kappa shape index (κ2) is 8.17. The molecular formula is C25H34N6O6. The number of carbonyl (C=O) groups is 2. The van der Waals surface area contributed by atoms with E-state index < -0.39 is 28.5 Å². The lowest BCUT2D eigenvalue weighted by Gasteiger charge is -2.58. The van der Waals surface area contributed by atoms with Crippen LogP contribution in [0, 0.1) is 22.7 Å². The van der Waals surface area contributed by atoms with Crippen LogP contribution < -0.4 is 17.0 Å². The van der Waals surface area contributed by atoms with Crippen LogP contribution in [0.25, 0.3) is 0 Å². The van der Waals surface area contributed by atoms with E-state index in [1.54, 1.807) is 11.9 Å². The van der Waals surface area contributed by atoms with Crippen LogP contribution in [0.1, 0.15) is 63.0 Å². The fourth-order valence-electron chi connectivity index (χ4n) is 7.08. The van der Waals surface area contributed by atoms with Crippen molar-refractivity contribution < 1.29 is 19.4 Å². The standard InChI is InChI=1S/C25H34N6O6/c1-28-21(34)25(30(22(28)35)9-15-10-37-11-15)12-24(13-25)6-4-16(5-7-24)31-20(33)17(18(26)27)19(32)29(23(31)36)8-14-2-3-14/h14-16,32H,2-13H2,1H3,(H3,26,27). The van der Waals surface area contributed by atoms with Crippen LogP contribution in [0.2, 0.25) is 0 Å². The molecule has 0 unspecified atom stereocenters. The number of amidine groups is 1. The van der Waals surface area contributed by atoms with Gasteiger partial charge in [-0.2, -0.15) is 0 Å². The average Bonchev–Trinajstić information content (AvgIpc) is 3.60. The summed E-state index contributed by atoms with van der Waals surface area (Å²) >= 11 is 0. The molecule has 0 aromatic carbocycles. The Kier molecular flexibility index (Phi) is 5.35. The molecule has 4 N–H and O–H groups in total. The first-order valence-electron chi connectivity index (χ1n) is 13.2. The van der Waals surface area contributed by atoms with Crippen molar-refractivity contribution in [2.75, 3.05) is 26.8 Å². The summed E-state index contributed by atoms with van der Waals surface area (Å²) in [5.41, 5.74) is 3.11. The minimum Gasteiger partial charge on any atom is -0.494 e. The summed E-state index contributed by atoms with van der Waals surface area (Å²) in [4.78, 5) is 55.6. The van der Waals surface area contributed by atoms with Crippen molar-refractivity contribution in [3.63, 3.8) is 0 Å². The fraction of sp³-hybridized carbons (Fsp3) is 0.720.